The van der Waals surface area contributed by atoms with Crippen LogP contribution in [0.1, 0.15) is 0 Å². The van der Waals surface area contributed by atoms with Gasteiger partial charge < -0.3 is 0 Å². The molecule has 0 aliphatic carbocycles. The summed E-state index contributed by atoms with van der Waals surface area (Å²) in [7, 11) is 0. The van der Waals surface area contributed by atoms with Crippen LogP contribution in [0.25, 0.3) is 0 Å². The summed E-state index contributed by atoms with van der Waals surface area (Å²) in [4.78, 5) is 0. The summed E-state index contributed by atoms with van der Waals surface area (Å²) in [6.45, 7) is 0. The first-order valence-electron chi connectivity index (χ1n) is 5.09. The highest BCUT2D eigenvalue weighted by Crippen LogP contribution is 2.53. The Labute approximate surface area is 145 Å². The highest BCUT2D eigenvalue weighted by Gasteiger charge is 2.80. The van der Waals surface area contributed by atoms with Gasteiger partial charge in [-0.2, -0.15) is 65.9 Å². The lowest BCUT2D eigenvalue weighted by atomic mass is 10.3. The summed E-state index contributed by atoms with van der Waals surface area (Å²) in [6.07, 6.45) is -32.0. The van der Waals surface area contributed by atoms with Crippen LogP contribution in [0.15, 0.2) is 11.9 Å². The van der Waals surface area contributed by atoms with Crippen molar-refractivity contribution < 1.29 is 75.3 Å². The van der Waals surface area contributed by atoms with Crippen LogP contribution in [-0.2, 0) is 9.47 Å². The van der Waals surface area contributed by atoms with E-state index in [9.17, 15) is 65.9 Å². The molecule has 0 aromatic rings. The zero-order valence-corrected chi connectivity index (χ0v) is 13.0. The summed E-state index contributed by atoms with van der Waals surface area (Å²) in [5, 5.41) is 0. The highest BCUT2D eigenvalue weighted by atomic mass is 127. The minimum Gasteiger partial charge on any atom is -0.245 e. The summed E-state index contributed by atoms with van der Waals surface area (Å²) < 4.78 is 184. The van der Waals surface area contributed by atoms with Crippen molar-refractivity contribution >= 4 is 22.6 Å². The Kier molecular flexibility index (Phi) is 6.88. The van der Waals surface area contributed by atoms with Crippen LogP contribution >= 0.6 is 22.6 Å². The number of ether oxygens (including phenoxy) is 2. The monoisotopic (exact) mass is 540 g/mol. The van der Waals surface area contributed by atoms with E-state index in [0.29, 0.717) is 0 Å². The molecule has 156 valence electrons. The second-order valence-corrected chi connectivity index (χ2v) is 5.27. The third-order valence-corrected chi connectivity index (χ3v) is 2.62. The van der Waals surface area contributed by atoms with E-state index in [4.69, 9.17) is 0 Å². The molecular formula is C8F15IO2. The predicted octanol–water partition coefficient (Wildman–Crippen LogP) is 6.13. The molecule has 0 saturated heterocycles. The third-order valence-electron chi connectivity index (χ3n) is 2.00. The maximum atomic E-state index is 12.9. The average molecular weight is 540 g/mol. The molecule has 0 unspecified atom stereocenters. The molecule has 0 heterocycles. The number of alkyl halides is 13. The molecule has 26 heavy (non-hydrogen) atoms. The first-order valence-corrected chi connectivity index (χ1v) is 6.17. The van der Waals surface area contributed by atoms with Crippen LogP contribution < -0.4 is 0 Å². The Morgan fingerprint density at radius 1 is 0.577 bits per heavy atom. The molecule has 0 saturated carbocycles. The molecule has 0 aromatic heterocycles. The number of halogens is 16. The minimum absolute atomic E-state index is 0.618. The van der Waals surface area contributed by atoms with Gasteiger partial charge in [0.05, 0.1) is 0 Å². The summed E-state index contributed by atoms with van der Waals surface area (Å²) >= 11 is -0.618. The van der Waals surface area contributed by atoms with Gasteiger partial charge in [0.1, 0.15) is 0 Å². The minimum atomic E-state index is -7.60. The van der Waals surface area contributed by atoms with Gasteiger partial charge in [-0.15, -0.1) is 0 Å². The Hall–Kier alpha value is -0.660. The smallest absolute Gasteiger partial charge is 0.245 e. The SMILES string of the molecule is FC(F)=C(F)C(F)(F)OC(F)(F)C(F)(F)C(F)(F)OC(F)(F)C(F)(F)I. The fourth-order valence-corrected chi connectivity index (χ4v) is 0.942. The van der Waals surface area contributed by atoms with Crippen LogP contribution in [0, 0.1) is 0 Å². The molecule has 0 N–H and O–H groups in total. The topological polar surface area (TPSA) is 18.5 Å². The highest BCUT2D eigenvalue weighted by molar-refractivity contribution is 14.1. The average Bonchev–Trinajstić information content (AvgIpc) is 2.33. The molecular weight excluding hydrogens is 540 g/mol. The molecule has 18 heteroatoms. The molecule has 0 bridgehead atoms. The van der Waals surface area contributed by atoms with Gasteiger partial charge in [0.25, 0.3) is 5.83 Å². The lowest BCUT2D eigenvalue weighted by molar-refractivity contribution is -0.515. The standard InChI is InChI=1S/C8F15IO2/c9-1(2(10)11)3(12,13)25-6(18,19)4(14,15)7(20,21)26-8(22,23)5(16,17)24. The largest absolute Gasteiger partial charge is 0.433 e. The zero-order chi connectivity index (χ0) is 21.6. The first-order chi connectivity index (χ1) is 11.0. The quantitative estimate of drug-likeness (QED) is 0.210. The van der Waals surface area contributed by atoms with Crippen LogP contribution in [-0.4, -0.2) is 34.3 Å². The molecule has 0 amide bonds. The Bertz CT molecular complexity index is 546. The zero-order valence-electron chi connectivity index (χ0n) is 10.9. The van der Waals surface area contributed by atoms with E-state index in [1.807, 2.05) is 0 Å². The van der Waals surface area contributed by atoms with E-state index >= 15 is 0 Å². The van der Waals surface area contributed by atoms with Crippen molar-refractivity contribution in [3.05, 3.63) is 11.9 Å². The first kappa shape index (κ1) is 25.3. The summed E-state index contributed by atoms with van der Waals surface area (Å²) in [5.41, 5.74) is 0. The number of hydrogen-bond acceptors (Lipinski definition) is 2. The van der Waals surface area contributed by atoms with Gasteiger partial charge in [-0.1, -0.05) is 0 Å². The Morgan fingerprint density at radius 2 is 0.923 bits per heavy atom. The molecule has 0 fully saturated rings. The summed E-state index contributed by atoms with van der Waals surface area (Å²) in [5.74, 6) is -11.8. The van der Waals surface area contributed by atoms with E-state index in [2.05, 4.69) is 0 Å². The molecule has 0 aliphatic rings. The third kappa shape index (κ3) is 4.98. The molecule has 0 spiro atoms. The maximum Gasteiger partial charge on any atom is 0.433 e. The van der Waals surface area contributed by atoms with Crippen molar-refractivity contribution in [2.45, 2.75) is 34.3 Å². The van der Waals surface area contributed by atoms with Crippen LogP contribution in [0.3, 0.4) is 0 Å². The van der Waals surface area contributed by atoms with Crippen molar-refractivity contribution in [1.29, 1.82) is 0 Å². The normalized spacial score (nSPS) is 15.2. The predicted molar refractivity (Wildman–Crippen MR) is 56.2 cm³/mol. The second kappa shape index (κ2) is 7.06. The van der Waals surface area contributed by atoms with Gasteiger partial charge in [-0.05, 0) is 0 Å². The van der Waals surface area contributed by atoms with Crippen molar-refractivity contribution in [3.63, 3.8) is 0 Å². The molecule has 0 aromatic carbocycles. The van der Waals surface area contributed by atoms with Crippen molar-refractivity contribution in [1.82, 2.24) is 0 Å². The Balaban J connectivity index is 5.87. The van der Waals surface area contributed by atoms with Crippen molar-refractivity contribution in [2.75, 3.05) is 0 Å². The Morgan fingerprint density at radius 3 is 1.23 bits per heavy atom. The van der Waals surface area contributed by atoms with E-state index < -0.39 is 68.8 Å². The van der Waals surface area contributed by atoms with Crippen LogP contribution in [0.4, 0.5) is 65.9 Å². The molecule has 2 nitrogen and oxygen atoms in total. The van der Waals surface area contributed by atoms with Gasteiger partial charge in [0, 0.05) is 22.6 Å². The summed E-state index contributed by atoms with van der Waals surface area (Å²) in [6, 6.07) is 0. The fraction of sp³-hybridized carbons (Fsp3) is 0.750. The maximum absolute atomic E-state index is 12.9. The van der Waals surface area contributed by atoms with Gasteiger partial charge >= 0.3 is 40.4 Å². The van der Waals surface area contributed by atoms with Crippen LogP contribution in [0.2, 0.25) is 0 Å². The lowest BCUT2D eigenvalue weighted by Gasteiger charge is -2.35. The van der Waals surface area contributed by atoms with Gasteiger partial charge in [-0.25, -0.2) is 9.47 Å². The van der Waals surface area contributed by atoms with Gasteiger partial charge in [0.2, 0.25) is 0 Å². The van der Waals surface area contributed by atoms with Gasteiger partial charge in [0.15, 0.2) is 0 Å². The van der Waals surface area contributed by atoms with Crippen molar-refractivity contribution in [3.8, 4) is 0 Å². The van der Waals surface area contributed by atoms with Crippen molar-refractivity contribution in [2.24, 2.45) is 0 Å². The van der Waals surface area contributed by atoms with E-state index in [1.54, 1.807) is 9.47 Å². The number of hydrogen-bond donors (Lipinski definition) is 0. The second-order valence-electron chi connectivity index (χ2n) is 3.92. The van der Waals surface area contributed by atoms with E-state index in [0.717, 1.165) is 0 Å². The fourth-order valence-electron chi connectivity index (χ4n) is 0.832. The molecule has 0 atom stereocenters. The number of rotatable bonds is 8. The molecule has 0 rings (SSSR count). The van der Waals surface area contributed by atoms with Gasteiger partial charge in [-0.3, -0.25) is 0 Å². The molecule has 0 aliphatic heterocycles. The van der Waals surface area contributed by atoms with E-state index in [-0.39, 0.29) is 0 Å². The van der Waals surface area contributed by atoms with Crippen LogP contribution in [0.5, 0.6) is 0 Å². The van der Waals surface area contributed by atoms with E-state index in [1.165, 1.54) is 0 Å². The lowest BCUT2D eigenvalue weighted by Crippen LogP contribution is -2.61. The molecule has 0 radical (unpaired) electrons.